The van der Waals surface area contributed by atoms with Gasteiger partial charge in [-0.2, -0.15) is 5.10 Å². The highest BCUT2D eigenvalue weighted by atomic mass is 16.6. The molecule has 11 heteroatoms. The van der Waals surface area contributed by atoms with Crippen LogP contribution in [-0.4, -0.2) is 80.6 Å². The fourth-order valence-corrected chi connectivity index (χ4v) is 5.63. The largest absolute Gasteiger partial charge is 0.444 e. The molecule has 2 aromatic heterocycles. The second kappa shape index (κ2) is 11.3. The number of fused-ring (bicyclic) bond motifs is 1. The predicted octanol–water partition coefficient (Wildman–Crippen LogP) is 4.73. The van der Waals surface area contributed by atoms with Crippen molar-refractivity contribution >= 4 is 35.1 Å². The molecule has 2 fully saturated rings. The standard InChI is InChI=1S/C31H41N7O4/c1-19-11-12-24(32-21(3)39)23(14-19)29(40)37-13-9-8-10-26(37)25-15-27-33-28(20(2)16-38(27)34-25)36-17-22(18-36)35(7)30(41)42-31(4,5)6/h11-12,14-16,22,26H,8-10,13,17-18H2,1-7H3,(H,32,39)/t26-/m0/s1. The number of carbonyl (C=O) groups excluding carboxylic acids is 3. The molecule has 5 rings (SSSR count). The number of amides is 3. The van der Waals surface area contributed by atoms with Gasteiger partial charge in [0.25, 0.3) is 5.91 Å². The molecule has 2 aliphatic heterocycles. The van der Waals surface area contributed by atoms with E-state index in [0.717, 1.165) is 41.9 Å². The van der Waals surface area contributed by atoms with Crippen molar-refractivity contribution in [3.8, 4) is 0 Å². The molecule has 1 N–H and O–H groups in total. The molecule has 0 bridgehead atoms. The molecule has 3 amide bonds. The van der Waals surface area contributed by atoms with Gasteiger partial charge in [0.15, 0.2) is 5.65 Å². The van der Waals surface area contributed by atoms with Crippen molar-refractivity contribution < 1.29 is 19.1 Å². The number of likely N-dealkylation sites (N-methyl/N-ethyl adjacent to an activating group) is 1. The number of hydrogen-bond donors (Lipinski definition) is 1. The summed E-state index contributed by atoms with van der Waals surface area (Å²) in [5, 5.41) is 7.67. The van der Waals surface area contributed by atoms with Crippen LogP contribution in [0.5, 0.6) is 0 Å². The molecule has 0 aliphatic carbocycles. The highest BCUT2D eigenvalue weighted by Crippen LogP contribution is 2.34. The molecule has 0 spiro atoms. The number of anilines is 2. The van der Waals surface area contributed by atoms with Crippen molar-refractivity contribution in [1.82, 2.24) is 24.4 Å². The van der Waals surface area contributed by atoms with Crippen LogP contribution in [0, 0.1) is 13.8 Å². The molecule has 0 saturated carbocycles. The lowest BCUT2D eigenvalue weighted by atomic mass is 9.97. The molecule has 0 radical (unpaired) electrons. The number of nitrogens with zero attached hydrogens (tertiary/aromatic N) is 6. The summed E-state index contributed by atoms with van der Waals surface area (Å²) in [4.78, 5) is 48.8. The quantitative estimate of drug-likeness (QED) is 0.468. The van der Waals surface area contributed by atoms with E-state index in [1.54, 1.807) is 22.5 Å². The third-order valence-electron chi connectivity index (χ3n) is 7.84. The van der Waals surface area contributed by atoms with E-state index < -0.39 is 5.60 Å². The van der Waals surface area contributed by atoms with Gasteiger partial charge < -0.3 is 24.8 Å². The van der Waals surface area contributed by atoms with Crippen molar-refractivity contribution in [2.75, 3.05) is 36.9 Å². The fourth-order valence-electron chi connectivity index (χ4n) is 5.63. The topological polar surface area (TPSA) is 112 Å². The lowest BCUT2D eigenvalue weighted by Crippen LogP contribution is -2.60. The van der Waals surface area contributed by atoms with Gasteiger partial charge in [0, 0.05) is 51.4 Å². The number of rotatable bonds is 5. The highest BCUT2D eigenvalue weighted by Gasteiger charge is 2.36. The summed E-state index contributed by atoms with van der Waals surface area (Å²) >= 11 is 0. The lowest BCUT2D eigenvalue weighted by molar-refractivity contribution is -0.114. The lowest BCUT2D eigenvalue weighted by Gasteiger charge is -2.45. The van der Waals surface area contributed by atoms with E-state index in [9.17, 15) is 14.4 Å². The Bertz CT molecular complexity index is 1520. The van der Waals surface area contributed by atoms with Crippen LogP contribution in [0.15, 0.2) is 30.5 Å². The zero-order valence-corrected chi connectivity index (χ0v) is 25.6. The summed E-state index contributed by atoms with van der Waals surface area (Å²) in [5.74, 6) is 0.527. The Balaban J connectivity index is 1.36. The summed E-state index contributed by atoms with van der Waals surface area (Å²) in [6, 6.07) is 7.32. The summed E-state index contributed by atoms with van der Waals surface area (Å²) in [7, 11) is 1.77. The number of benzene rings is 1. The van der Waals surface area contributed by atoms with Gasteiger partial charge in [0.05, 0.1) is 29.0 Å². The first-order valence-corrected chi connectivity index (χ1v) is 14.6. The number of hydrogen-bond acceptors (Lipinski definition) is 7. The molecule has 1 atom stereocenters. The second-order valence-corrected chi connectivity index (χ2v) is 12.5. The Hall–Kier alpha value is -4.15. The average Bonchev–Trinajstić information content (AvgIpc) is 3.29. The summed E-state index contributed by atoms with van der Waals surface area (Å²) < 4.78 is 7.30. The maximum atomic E-state index is 13.9. The minimum atomic E-state index is -0.538. The normalized spacial score (nSPS) is 17.6. The van der Waals surface area contributed by atoms with Crippen molar-refractivity contribution in [1.29, 1.82) is 0 Å². The molecule has 0 unspecified atom stereocenters. The number of nitrogens with one attached hydrogen (secondary N) is 1. The smallest absolute Gasteiger partial charge is 0.410 e. The first-order valence-electron chi connectivity index (χ1n) is 14.6. The van der Waals surface area contributed by atoms with Crippen LogP contribution in [0.4, 0.5) is 16.3 Å². The van der Waals surface area contributed by atoms with E-state index in [1.165, 1.54) is 6.92 Å². The fraction of sp³-hybridized carbons (Fsp3) is 0.516. The van der Waals surface area contributed by atoms with Crippen LogP contribution >= 0.6 is 0 Å². The Morgan fingerprint density at radius 1 is 1.10 bits per heavy atom. The molecule has 4 heterocycles. The molecule has 2 saturated heterocycles. The second-order valence-electron chi connectivity index (χ2n) is 12.5. The first kappa shape index (κ1) is 29.3. The van der Waals surface area contributed by atoms with Crippen LogP contribution in [-0.2, 0) is 9.53 Å². The van der Waals surface area contributed by atoms with Crippen LogP contribution < -0.4 is 10.2 Å². The summed E-state index contributed by atoms with van der Waals surface area (Å²) in [5.41, 5.74) is 3.90. The SMILES string of the molecule is CC(=O)Nc1ccc(C)cc1C(=O)N1CCCC[C@H]1c1cc2nc(N3CC(N(C)C(=O)OC(C)(C)C)C3)c(C)cn2n1. The minimum Gasteiger partial charge on any atom is -0.444 e. The molecule has 11 nitrogen and oxygen atoms in total. The number of ether oxygens (including phenoxy) is 1. The Labute approximate surface area is 246 Å². The van der Waals surface area contributed by atoms with E-state index in [0.29, 0.717) is 36.5 Å². The van der Waals surface area contributed by atoms with Gasteiger partial charge in [-0.25, -0.2) is 14.3 Å². The molecular weight excluding hydrogens is 534 g/mol. The van der Waals surface area contributed by atoms with Crippen LogP contribution in [0.2, 0.25) is 0 Å². The molecule has 3 aromatic rings. The molecule has 2 aliphatic rings. The number of aromatic nitrogens is 3. The van der Waals surface area contributed by atoms with E-state index >= 15 is 0 Å². The van der Waals surface area contributed by atoms with E-state index in [1.807, 2.05) is 63.9 Å². The average molecular weight is 576 g/mol. The maximum Gasteiger partial charge on any atom is 0.410 e. The zero-order valence-electron chi connectivity index (χ0n) is 25.6. The zero-order chi connectivity index (χ0) is 30.3. The monoisotopic (exact) mass is 575 g/mol. The first-order chi connectivity index (χ1) is 19.8. The highest BCUT2D eigenvalue weighted by molar-refractivity contribution is 6.03. The van der Waals surface area contributed by atoms with Gasteiger partial charge in [-0.15, -0.1) is 0 Å². The predicted molar refractivity (Wildman–Crippen MR) is 161 cm³/mol. The van der Waals surface area contributed by atoms with Crippen LogP contribution in [0.25, 0.3) is 5.65 Å². The van der Waals surface area contributed by atoms with Gasteiger partial charge in [0.1, 0.15) is 11.4 Å². The van der Waals surface area contributed by atoms with E-state index in [2.05, 4.69) is 10.2 Å². The number of carbonyl (C=O) groups is 3. The van der Waals surface area contributed by atoms with Crippen molar-refractivity contribution in [3.05, 3.63) is 52.8 Å². The number of likely N-dealkylation sites (tertiary alicyclic amines) is 1. The number of piperidine rings is 1. The van der Waals surface area contributed by atoms with Crippen molar-refractivity contribution in [3.63, 3.8) is 0 Å². The maximum absolute atomic E-state index is 13.9. The van der Waals surface area contributed by atoms with Gasteiger partial charge in [-0.1, -0.05) is 11.6 Å². The summed E-state index contributed by atoms with van der Waals surface area (Å²) in [6.07, 6.45) is 4.34. The Morgan fingerprint density at radius 2 is 1.83 bits per heavy atom. The van der Waals surface area contributed by atoms with Crippen molar-refractivity contribution in [2.45, 2.75) is 78.5 Å². The molecule has 224 valence electrons. The van der Waals surface area contributed by atoms with Gasteiger partial charge in [-0.3, -0.25) is 9.59 Å². The van der Waals surface area contributed by atoms with Gasteiger partial charge in [-0.05, 0) is 66.0 Å². The summed E-state index contributed by atoms with van der Waals surface area (Å²) in [6.45, 7) is 12.9. The van der Waals surface area contributed by atoms with E-state index in [-0.39, 0.29) is 30.0 Å². The van der Waals surface area contributed by atoms with Gasteiger partial charge in [0.2, 0.25) is 5.91 Å². The Morgan fingerprint density at radius 3 is 2.52 bits per heavy atom. The third-order valence-corrected chi connectivity index (χ3v) is 7.84. The Kier molecular flexibility index (Phi) is 7.87. The molecule has 1 aromatic carbocycles. The van der Waals surface area contributed by atoms with Crippen molar-refractivity contribution in [2.24, 2.45) is 0 Å². The molecular formula is C31H41N7O4. The molecule has 42 heavy (non-hydrogen) atoms. The third kappa shape index (κ3) is 6.05. The van der Waals surface area contributed by atoms with E-state index in [4.69, 9.17) is 14.8 Å². The van der Waals surface area contributed by atoms with Crippen LogP contribution in [0.3, 0.4) is 0 Å². The minimum absolute atomic E-state index is 0.0450. The van der Waals surface area contributed by atoms with Gasteiger partial charge >= 0.3 is 6.09 Å². The van der Waals surface area contributed by atoms with Crippen LogP contribution in [0.1, 0.15) is 80.2 Å². The number of aryl methyl sites for hydroxylation is 2.